The van der Waals surface area contributed by atoms with Gasteiger partial charge in [-0.05, 0) is 4.57 Å². The summed E-state index contributed by atoms with van der Waals surface area (Å²) < 4.78 is 20.5. The Labute approximate surface area is 90.4 Å². The third-order valence-electron chi connectivity index (χ3n) is 2.02. The van der Waals surface area contributed by atoms with Crippen molar-refractivity contribution in [1.29, 1.82) is 0 Å². The number of rotatable bonds is 3. The number of hydrogen-bond donors (Lipinski definition) is 1. The first-order chi connectivity index (χ1) is 6.99. The van der Waals surface area contributed by atoms with Gasteiger partial charge in [-0.3, -0.25) is 4.79 Å². The lowest BCUT2D eigenvalue weighted by atomic mass is 9.97. The summed E-state index contributed by atoms with van der Waals surface area (Å²) in [6.45, 7) is 2.27. The summed E-state index contributed by atoms with van der Waals surface area (Å²) in [5.41, 5.74) is 4.96. The fourth-order valence-electron chi connectivity index (χ4n) is 1.38. The van der Waals surface area contributed by atoms with Crippen LogP contribution in [0.1, 0.15) is 6.92 Å². The van der Waals surface area contributed by atoms with Gasteiger partial charge in [-0.2, -0.15) is 0 Å². The average Bonchev–Trinajstić information content (AvgIpc) is 2.13. The lowest BCUT2D eigenvalue weighted by molar-refractivity contribution is -0.139. The number of amides is 1. The van der Waals surface area contributed by atoms with E-state index in [0.717, 1.165) is 0 Å². The van der Waals surface area contributed by atoms with Crippen molar-refractivity contribution in [3.05, 3.63) is 0 Å². The minimum atomic E-state index is -2.14. The minimum absolute atomic E-state index is 0.0726. The maximum atomic E-state index is 11.1. The summed E-state index contributed by atoms with van der Waals surface area (Å²) in [6, 6.07) is -0.535. The molecule has 0 aromatic rings. The van der Waals surface area contributed by atoms with Gasteiger partial charge in [-0.15, -0.1) is 4.52 Å². The molecule has 3 atom stereocenters. The summed E-state index contributed by atoms with van der Waals surface area (Å²) in [7, 11) is 3.44. The highest BCUT2D eigenvalue weighted by atomic mass is 31.1. The van der Waals surface area contributed by atoms with E-state index in [2.05, 4.69) is 0 Å². The smallest absolute Gasteiger partial charge is 0.379 e. The number of nitrogens with zero attached hydrogens (tertiary/aromatic N) is 1. The van der Waals surface area contributed by atoms with E-state index in [-0.39, 0.29) is 18.6 Å². The van der Waals surface area contributed by atoms with Crippen molar-refractivity contribution in [3.8, 4) is 0 Å². The molecule has 1 aliphatic rings. The Kier molecular flexibility index (Phi) is 4.66. The molecule has 82 valence electrons. The zero-order chi connectivity index (χ0) is 11.4. The highest BCUT2D eigenvalue weighted by Gasteiger charge is 2.28. The Morgan fingerprint density at radius 2 is 2.40 bits per heavy atom. The average molecular weight is 231 g/mol. The second kappa shape index (κ2) is 5.56. The van der Waals surface area contributed by atoms with Crippen LogP contribution in [0.4, 0.5) is 0 Å². The summed E-state index contributed by atoms with van der Waals surface area (Å²) in [6.07, 6.45) is -0.375. The second-order valence-electron chi connectivity index (χ2n) is 3.30. The molecular weight excluding hydrogens is 218 g/mol. The van der Waals surface area contributed by atoms with E-state index >= 15 is 0 Å². The molecule has 15 heavy (non-hydrogen) atoms. The number of nitrogens with two attached hydrogens (primary N) is 1. The van der Waals surface area contributed by atoms with Crippen molar-refractivity contribution in [2.75, 3.05) is 19.7 Å². The normalized spacial score (nSPS) is 27.6. The number of ether oxygens (including phenoxy) is 1. The van der Waals surface area contributed by atoms with Crippen LogP contribution < -0.4 is 5.50 Å². The van der Waals surface area contributed by atoms with E-state index in [0.29, 0.717) is 13.1 Å². The van der Waals surface area contributed by atoms with E-state index < -0.39 is 14.2 Å². The molecule has 0 spiro atoms. The molecule has 1 fully saturated rings. The van der Waals surface area contributed by atoms with E-state index in [1.807, 2.05) is 0 Å². The van der Waals surface area contributed by atoms with Crippen LogP contribution in [-0.4, -0.2) is 50.5 Å². The lowest BCUT2D eigenvalue weighted by Gasteiger charge is -2.35. The topological polar surface area (TPSA) is 81.9 Å². The summed E-state index contributed by atoms with van der Waals surface area (Å²) >= 11 is 0. The van der Waals surface area contributed by atoms with Gasteiger partial charge in [0.25, 0.3) is 0 Å². The van der Waals surface area contributed by atoms with Gasteiger partial charge in [0.2, 0.25) is 5.91 Å². The van der Waals surface area contributed by atoms with E-state index in [4.69, 9.17) is 22.6 Å². The molecule has 2 N–H and O–H groups in total. The van der Waals surface area contributed by atoms with Crippen molar-refractivity contribution in [3.63, 3.8) is 0 Å². The van der Waals surface area contributed by atoms with Gasteiger partial charge in [0.05, 0.1) is 0 Å². The highest BCUT2D eigenvalue weighted by Crippen LogP contribution is 2.15. The molecule has 1 rings (SSSR count). The molecule has 1 aliphatic heterocycles. The van der Waals surface area contributed by atoms with Crippen LogP contribution in [0.2, 0.25) is 0 Å². The number of morpholine rings is 1. The molecule has 0 saturated carbocycles. The lowest BCUT2D eigenvalue weighted by Crippen LogP contribution is -2.50. The van der Waals surface area contributed by atoms with Crippen LogP contribution in [0.3, 0.4) is 0 Å². The molecule has 1 saturated heterocycles. The van der Waals surface area contributed by atoms with Crippen LogP contribution in [0.5, 0.6) is 0 Å². The van der Waals surface area contributed by atoms with Crippen LogP contribution in [-0.2, 0) is 18.6 Å². The van der Waals surface area contributed by atoms with Gasteiger partial charge < -0.3 is 9.64 Å². The maximum absolute atomic E-state index is 11.1. The second-order valence-corrected chi connectivity index (χ2v) is 4.13. The van der Waals surface area contributed by atoms with Gasteiger partial charge in [0, 0.05) is 26.0 Å². The van der Waals surface area contributed by atoms with E-state index in [9.17, 15) is 9.36 Å². The number of hydrogen-bond acceptors (Lipinski definition) is 4. The first-order valence-electron chi connectivity index (χ1n) is 4.50. The fraction of sp³-hybridized carbons (Fsp3) is 0.857. The molecule has 0 bridgehead atoms. The van der Waals surface area contributed by atoms with Crippen molar-refractivity contribution in [1.82, 2.24) is 4.90 Å². The predicted octanol–water partition coefficient (Wildman–Crippen LogP) is -0.639. The van der Waals surface area contributed by atoms with Crippen LogP contribution in [0.25, 0.3) is 0 Å². The summed E-state index contributed by atoms with van der Waals surface area (Å²) in [5.74, 6) is -0.0733. The molecule has 0 aromatic heterocycles. The molecular formula is C7H13BN2O4P+. The van der Waals surface area contributed by atoms with Crippen molar-refractivity contribution >= 4 is 21.9 Å². The Hall–Kier alpha value is -0.485. The van der Waals surface area contributed by atoms with Crippen LogP contribution >= 0.6 is 8.18 Å². The first-order valence-corrected chi connectivity index (χ1v) is 5.75. The van der Waals surface area contributed by atoms with Crippen LogP contribution in [0, 0.1) is 0 Å². The van der Waals surface area contributed by atoms with Gasteiger partial charge in [0.1, 0.15) is 20.6 Å². The predicted molar refractivity (Wildman–Crippen MR) is 54.4 cm³/mol. The summed E-state index contributed by atoms with van der Waals surface area (Å²) in [5, 5.41) is 0. The van der Waals surface area contributed by atoms with Gasteiger partial charge >= 0.3 is 8.18 Å². The Morgan fingerprint density at radius 1 is 1.73 bits per heavy atom. The monoisotopic (exact) mass is 231 g/mol. The minimum Gasteiger partial charge on any atom is -0.379 e. The Balaban J connectivity index is 2.44. The SMILES string of the molecule is [B]C1CN(C(C)=O)CC(CO[P+](N)=O)O1. The fourth-order valence-corrected chi connectivity index (χ4v) is 1.69. The molecule has 1 amide bonds. The maximum Gasteiger partial charge on any atom is 0.610 e. The van der Waals surface area contributed by atoms with Crippen molar-refractivity contribution in [2.45, 2.75) is 19.0 Å². The van der Waals surface area contributed by atoms with Crippen LogP contribution in [0.15, 0.2) is 0 Å². The molecule has 0 aromatic carbocycles. The van der Waals surface area contributed by atoms with Gasteiger partial charge in [-0.1, -0.05) is 5.50 Å². The molecule has 2 radical (unpaired) electrons. The highest BCUT2D eigenvalue weighted by molar-refractivity contribution is 7.36. The summed E-state index contributed by atoms with van der Waals surface area (Å²) in [4.78, 5) is 12.7. The van der Waals surface area contributed by atoms with E-state index in [1.54, 1.807) is 4.90 Å². The molecule has 6 nitrogen and oxygen atoms in total. The zero-order valence-corrected chi connectivity index (χ0v) is 9.35. The standard InChI is InChI=1S/C7H13BN2O4P/c1-5(11)10-2-6(4-13-15(9)12)14-7(8)3-10/h6-7H,2-4H2,1H3,(H2,9,12)/q+1. The zero-order valence-electron chi connectivity index (χ0n) is 8.46. The van der Waals surface area contributed by atoms with Gasteiger partial charge in [-0.25, -0.2) is 0 Å². The van der Waals surface area contributed by atoms with Gasteiger partial charge in [0.15, 0.2) is 0 Å². The number of carbonyl (C=O) groups is 1. The Morgan fingerprint density at radius 3 is 2.93 bits per heavy atom. The molecule has 3 unspecified atom stereocenters. The largest absolute Gasteiger partial charge is 0.610 e. The first kappa shape index (κ1) is 12.6. The van der Waals surface area contributed by atoms with Crippen molar-refractivity contribution in [2.24, 2.45) is 5.50 Å². The third kappa shape index (κ3) is 4.26. The Bertz CT molecular complexity index is 265. The van der Waals surface area contributed by atoms with E-state index in [1.165, 1.54) is 6.92 Å². The molecule has 8 heteroatoms. The quantitative estimate of drug-likeness (QED) is 0.516. The molecule has 0 aliphatic carbocycles. The number of carbonyl (C=O) groups excluding carboxylic acids is 1. The third-order valence-corrected chi connectivity index (χ3v) is 2.43. The molecule has 1 heterocycles. The van der Waals surface area contributed by atoms with Crippen molar-refractivity contribution < 1.29 is 18.6 Å².